The Hall–Kier alpha value is -4.02. The number of halogens is 1. The van der Waals surface area contributed by atoms with Gasteiger partial charge in [0, 0.05) is 16.6 Å². The van der Waals surface area contributed by atoms with Gasteiger partial charge in [0.15, 0.2) is 5.13 Å². The van der Waals surface area contributed by atoms with Gasteiger partial charge in [-0.25, -0.2) is 14.7 Å². The van der Waals surface area contributed by atoms with Gasteiger partial charge in [0.25, 0.3) is 17.7 Å². The highest BCUT2D eigenvalue weighted by atomic mass is 35.5. The summed E-state index contributed by atoms with van der Waals surface area (Å²) in [5.41, 5.74) is 1.92. The highest BCUT2D eigenvalue weighted by Crippen LogP contribution is 2.30. The van der Waals surface area contributed by atoms with Gasteiger partial charge in [-0.2, -0.15) is 0 Å². The monoisotopic (exact) mass is 510 g/mol. The average molecular weight is 511 g/mol. The molecule has 3 amide bonds. The zero-order chi connectivity index (χ0) is 25.1. The maximum absolute atomic E-state index is 13.0. The van der Waals surface area contributed by atoms with Crippen molar-refractivity contribution in [2.24, 2.45) is 0 Å². The Labute approximate surface area is 209 Å². The first-order chi connectivity index (χ1) is 16.8. The third-order valence-electron chi connectivity index (χ3n) is 4.90. The first-order valence-corrected chi connectivity index (χ1v) is 11.7. The third-order valence-corrected chi connectivity index (χ3v) is 6.12. The van der Waals surface area contributed by atoms with Crippen LogP contribution in [0.2, 0.25) is 0 Å². The minimum atomic E-state index is -0.712. The molecule has 2 aromatic carbocycles. The molecule has 11 heteroatoms. The number of thiazole rings is 1. The topological polar surface area (TPSA) is 118 Å². The molecular formula is C24H19ClN4O5S. The summed E-state index contributed by atoms with van der Waals surface area (Å²) in [5, 5.41) is 7.56. The van der Waals surface area contributed by atoms with Crippen molar-refractivity contribution in [2.75, 3.05) is 22.1 Å². The lowest BCUT2D eigenvalue weighted by molar-refractivity contribution is -0.120. The molecule has 9 nitrogen and oxygen atoms in total. The lowest BCUT2D eigenvalue weighted by atomic mass is 10.2. The fraction of sp³-hybridized carbons (Fsp3) is 0.125. The number of carbonyl (C=O) groups is 4. The Bertz CT molecular complexity index is 1370. The average Bonchev–Trinajstić information content (AvgIpc) is 3.35. The molecule has 1 aliphatic rings. The summed E-state index contributed by atoms with van der Waals surface area (Å²) in [5.74, 6) is -2.26. The summed E-state index contributed by atoms with van der Waals surface area (Å²) < 4.78 is 4.94. The van der Waals surface area contributed by atoms with E-state index < -0.39 is 17.8 Å². The molecule has 35 heavy (non-hydrogen) atoms. The predicted molar refractivity (Wildman–Crippen MR) is 133 cm³/mol. The molecular weight excluding hydrogens is 492 g/mol. The van der Waals surface area contributed by atoms with Crippen molar-refractivity contribution in [3.05, 3.63) is 81.5 Å². The van der Waals surface area contributed by atoms with Crippen LogP contribution in [0.25, 0.3) is 0 Å². The van der Waals surface area contributed by atoms with Crippen LogP contribution in [0.3, 0.4) is 0 Å². The normalized spacial score (nSPS) is 13.3. The van der Waals surface area contributed by atoms with Gasteiger partial charge in [-0.3, -0.25) is 19.7 Å². The Morgan fingerprint density at radius 1 is 1.09 bits per heavy atom. The van der Waals surface area contributed by atoms with Crippen molar-refractivity contribution in [3.63, 3.8) is 0 Å². The van der Waals surface area contributed by atoms with Gasteiger partial charge in [0.05, 0.1) is 23.6 Å². The fourth-order valence-corrected chi connectivity index (χ4v) is 4.17. The van der Waals surface area contributed by atoms with Crippen LogP contribution >= 0.6 is 22.9 Å². The summed E-state index contributed by atoms with van der Waals surface area (Å²) in [6, 6.07) is 12.2. The zero-order valence-electron chi connectivity index (χ0n) is 18.6. The van der Waals surface area contributed by atoms with Crippen LogP contribution in [-0.2, 0) is 14.3 Å². The van der Waals surface area contributed by atoms with Crippen LogP contribution in [0.5, 0.6) is 0 Å². The Kier molecular flexibility index (Phi) is 6.94. The quantitative estimate of drug-likeness (QED) is 0.359. The molecule has 178 valence electrons. The van der Waals surface area contributed by atoms with E-state index in [1.807, 2.05) is 12.3 Å². The highest BCUT2D eigenvalue weighted by molar-refractivity contribution is 7.13. The molecule has 0 atom stereocenters. The van der Waals surface area contributed by atoms with Crippen molar-refractivity contribution >= 4 is 63.1 Å². The molecule has 0 aliphatic carbocycles. The number of hydrogen-bond donors (Lipinski definition) is 2. The van der Waals surface area contributed by atoms with Crippen molar-refractivity contribution in [2.45, 2.75) is 13.8 Å². The molecule has 1 aromatic heterocycles. The number of rotatable bonds is 7. The number of aromatic nitrogens is 1. The largest absolute Gasteiger partial charge is 0.462 e. The SMILES string of the molecule is CCOC(=O)c1ccc(N2C(=O)C(Cl)=C(Nc3cccc(C(=O)Nc4nc(C)cs4)c3)C2=O)cc1. The minimum Gasteiger partial charge on any atom is -0.462 e. The van der Waals surface area contributed by atoms with Gasteiger partial charge in [0.1, 0.15) is 10.7 Å². The minimum absolute atomic E-state index is 0.126. The van der Waals surface area contributed by atoms with Crippen molar-refractivity contribution < 1.29 is 23.9 Å². The second kappa shape index (κ2) is 10.1. The van der Waals surface area contributed by atoms with E-state index in [4.69, 9.17) is 16.3 Å². The molecule has 2 heterocycles. The van der Waals surface area contributed by atoms with Crippen molar-refractivity contribution in [1.82, 2.24) is 4.98 Å². The number of imide groups is 1. The number of ether oxygens (including phenoxy) is 1. The maximum Gasteiger partial charge on any atom is 0.338 e. The van der Waals surface area contributed by atoms with Gasteiger partial charge in [-0.05, 0) is 56.3 Å². The van der Waals surface area contributed by atoms with Crippen molar-refractivity contribution in [3.8, 4) is 0 Å². The molecule has 1 aliphatic heterocycles. The van der Waals surface area contributed by atoms with Gasteiger partial charge in [-0.1, -0.05) is 17.7 Å². The molecule has 2 N–H and O–H groups in total. The summed E-state index contributed by atoms with van der Waals surface area (Å²) in [4.78, 5) is 55.3. The van der Waals surface area contributed by atoms with Gasteiger partial charge < -0.3 is 10.1 Å². The van der Waals surface area contributed by atoms with Gasteiger partial charge >= 0.3 is 5.97 Å². The standard InChI is InChI=1S/C24H19ClN4O5S/c1-3-34-23(33)14-7-9-17(10-8-14)29-21(31)18(25)19(22(29)32)27-16-6-4-5-15(11-16)20(30)28-24-26-13(2)12-35-24/h4-12,27H,3H2,1-2H3,(H,26,28,30). The van der Waals surface area contributed by atoms with E-state index in [0.717, 1.165) is 10.6 Å². The van der Waals surface area contributed by atoms with Crippen LogP contribution in [0.1, 0.15) is 33.3 Å². The Morgan fingerprint density at radius 3 is 2.49 bits per heavy atom. The molecule has 3 aromatic rings. The molecule has 0 fully saturated rings. The van der Waals surface area contributed by atoms with Crippen LogP contribution in [0.4, 0.5) is 16.5 Å². The van der Waals surface area contributed by atoms with E-state index in [1.54, 1.807) is 25.1 Å². The second-order valence-corrected chi connectivity index (χ2v) is 8.59. The first-order valence-electron chi connectivity index (χ1n) is 10.4. The van der Waals surface area contributed by atoms with Crippen LogP contribution in [-0.4, -0.2) is 35.3 Å². The van der Waals surface area contributed by atoms with E-state index in [-0.39, 0.29) is 34.5 Å². The third kappa shape index (κ3) is 5.08. The molecule has 0 bridgehead atoms. The molecule has 0 radical (unpaired) electrons. The van der Waals surface area contributed by atoms with E-state index >= 15 is 0 Å². The summed E-state index contributed by atoms with van der Waals surface area (Å²) in [6.45, 7) is 3.75. The van der Waals surface area contributed by atoms with Crippen LogP contribution in [0.15, 0.2) is 64.6 Å². The fourth-order valence-electron chi connectivity index (χ4n) is 3.27. The number of nitrogens with zero attached hydrogens (tertiary/aromatic N) is 2. The number of esters is 1. The maximum atomic E-state index is 13.0. The van der Waals surface area contributed by atoms with Gasteiger partial charge in [-0.15, -0.1) is 11.3 Å². The molecule has 4 rings (SSSR count). The van der Waals surface area contributed by atoms with E-state index in [0.29, 0.717) is 16.4 Å². The van der Waals surface area contributed by atoms with E-state index in [9.17, 15) is 19.2 Å². The predicted octanol–water partition coefficient (Wildman–Crippen LogP) is 4.32. The Morgan fingerprint density at radius 2 is 1.83 bits per heavy atom. The second-order valence-electron chi connectivity index (χ2n) is 7.36. The van der Waals surface area contributed by atoms with Crippen LogP contribution in [0, 0.1) is 6.92 Å². The molecule has 0 saturated carbocycles. The number of nitrogens with one attached hydrogen (secondary N) is 2. The summed E-state index contributed by atoms with van der Waals surface area (Å²) >= 11 is 7.51. The Balaban J connectivity index is 1.50. The van der Waals surface area contributed by atoms with Crippen LogP contribution < -0.4 is 15.5 Å². The number of carbonyl (C=O) groups excluding carboxylic acids is 4. The van der Waals surface area contributed by atoms with E-state index in [1.165, 1.54) is 41.7 Å². The van der Waals surface area contributed by atoms with Gasteiger partial charge in [0.2, 0.25) is 0 Å². The zero-order valence-corrected chi connectivity index (χ0v) is 20.2. The first kappa shape index (κ1) is 24.1. The summed E-state index contributed by atoms with van der Waals surface area (Å²) in [6.07, 6.45) is 0. The van der Waals surface area contributed by atoms with Crippen molar-refractivity contribution in [1.29, 1.82) is 0 Å². The number of benzene rings is 2. The molecule has 0 unspecified atom stereocenters. The lowest BCUT2D eigenvalue weighted by Crippen LogP contribution is -2.32. The van der Waals surface area contributed by atoms with E-state index in [2.05, 4.69) is 15.6 Å². The number of amides is 3. The molecule has 0 spiro atoms. The lowest BCUT2D eigenvalue weighted by Gasteiger charge is -2.15. The summed E-state index contributed by atoms with van der Waals surface area (Å²) in [7, 11) is 0. The smallest absolute Gasteiger partial charge is 0.338 e. The highest BCUT2D eigenvalue weighted by Gasteiger charge is 2.39. The number of anilines is 3. The molecule has 0 saturated heterocycles. The number of hydrogen-bond acceptors (Lipinski definition) is 8. The number of aryl methyl sites for hydroxylation is 1.